The minimum atomic E-state index is -4.77. The summed E-state index contributed by atoms with van der Waals surface area (Å²) in [5.74, 6) is -1.46. The number of carbonyl (C=O) groups is 2. The molecule has 2 aromatic heterocycles. The number of aromatic nitrogens is 4. The average molecular weight is 470 g/mol. The molecule has 0 spiro atoms. The Balaban J connectivity index is 1.54. The van der Waals surface area contributed by atoms with Crippen molar-refractivity contribution in [2.75, 3.05) is 5.32 Å². The van der Waals surface area contributed by atoms with Crippen LogP contribution >= 0.6 is 0 Å². The van der Waals surface area contributed by atoms with Gasteiger partial charge in [-0.05, 0) is 36.8 Å². The lowest BCUT2D eigenvalue weighted by Gasteiger charge is -2.10. The number of alkyl halides is 3. The fraction of sp³-hybridized carbons (Fsp3) is 0.136. The highest BCUT2D eigenvalue weighted by atomic mass is 19.4. The predicted molar refractivity (Wildman–Crippen MR) is 115 cm³/mol. The molecule has 2 heterocycles. The van der Waals surface area contributed by atoms with Gasteiger partial charge in [0.2, 0.25) is 0 Å². The van der Waals surface area contributed by atoms with Gasteiger partial charge >= 0.3 is 6.36 Å². The lowest BCUT2D eigenvalue weighted by atomic mass is 10.1. The highest BCUT2D eigenvalue weighted by Crippen LogP contribution is 2.24. The number of hydrogen-bond donors (Lipinski definition) is 2. The maximum absolute atomic E-state index is 13.0. The number of pyridine rings is 1. The van der Waals surface area contributed by atoms with E-state index in [-0.39, 0.29) is 29.4 Å². The number of hydrogen-bond acceptors (Lipinski definition) is 6. The van der Waals surface area contributed by atoms with Crippen LogP contribution in [0.4, 0.5) is 19.0 Å². The van der Waals surface area contributed by atoms with E-state index in [0.717, 1.165) is 0 Å². The molecule has 174 valence electrons. The Morgan fingerprint density at radius 1 is 1.12 bits per heavy atom. The Bertz CT molecular complexity index is 1380. The number of benzene rings is 2. The predicted octanol–water partition coefficient (Wildman–Crippen LogP) is 3.43. The number of carbonyl (C=O) groups excluding carboxylic acids is 2. The summed E-state index contributed by atoms with van der Waals surface area (Å²) in [6.45, 7) is 1.88. The molecule has 0 radical (unpaired) electrons. The number of halogens is 3. The number of ether oxygens (including phenoxy) is 1. The zero-order valence-corrected chi connectivity index (χ0v) is 17.6. The Labute approximate surface area is 190 Å². The van der Waals surface area contributed by atoms with Gasteiger partial charge in [0.15, 0.2) is 5.82 Å². The van der Waals surface area contributed by atoms with Gasteiger partial charge < -0.3 is 15.8 Å². The molecule has 0 unspecified atom stereocenters. The molecule has 0 saturated carbocycles. The second-order valence-electron chi connectivity index (χ2n) is 7.26. The van der Waals surface area contributed by atoms with E-state index in [2.05, 4.69) is 25.3 Å². The standard InChI is InChI=1S/C22H17F3N6O3/c1-12-20(29-30-31(12)11-13-6-8-14(9-7-13)34-22(23,24)25)28-21(33)16-10-18(19(26)32)27-17-5-3-2-4-15(16)17/h2-10H,11H2,1H3,(H2,26,32)(H,28,33). The number of nitrogens with zero attached hydrogens (tertiary/aromatic N) is 4. The zero-order valence-electron chi connectivity index (χ0n) is 17.6. The van der Waals surface area contributed by atoms with Crippen LogP contribution in [0.2, 0.25) is 0 Å². The smallest absolute Gasteiger partial charge is 0.406 e. The van der Waals surface area contributed by atoms with E-state index < -0.39 is 18.2 Å². The lowest BCUT2D eigenvalue weighted by Crippen LogP contribution is -2.18. The van der Waals surface area contributed by atoms with Crippen LogP contribution in [0.15, 0.2) is 54.6 Å². The number of amides is 2. The van der Waals surface area contributed by atoms with Crippen LogP contribution in [0.5, 0.6) is 5.75 Å². The molecule has 3 N–H and O–H groups in total. The molecule has 0 aliphatic heterocycles. The third-order valence-electron chi connectivity index (χ3n) is 4.92. The fourth-order valence-electron chi connectivity index (χ4n) is 3.26. The van der Waals surface area contributed by atoms with Crippen LogP contribution in [0.1, 0.15) is 32.1 Å². The molecule has 0 saturated heterocycles. The Morgan fingerprint density at radius 2 is 1.82 bits per heavy atom. The van der Waals surface area contributed by atoms with Crippen molar-refractivity contribution < 1.29 is 27.5 Å². The van der Waals surface area contributed by atoms with Gasteiger partial charge in [0.05, 0.1) is 23.3 Å². The summed E-state index contributed by atoms with van der Waals surface area (Å²) in [6, 6.07) is 13.4. The second kappa shape index (κ2) is 8.81. The van der Waals surface area contributed by atoms with Crippen molar-refractivity contribution in [3.8, 4) is 5.75 Å². The Morgan fingerprint density at radius 3 is 2.50 bits per heavy atom. The normalized spacial score (nSPS) is 11.4. The first-order chi connectivity index (χ1) is 16.1. The number of primary amides is 1. The van der Waals surface area contributed by atoms with E-state index in [4.69, 9.17) is 5.73 Å². The first kappa shape index (κ1) is 22.7. The Hall–Kier alpha value is -4.48. The summed E-state index contributed by atoms with van der Waals surface area (Å²) in [5, 5.41) is 11.2. The highest BCUT2D eigenvalue weighted by Gasteiger charge is 2.31. The van der Waals surface area contributed by atoms with Gasteiger partial charge in [0, 0.05) is 5.39 Å². The summed E-state index contributed by atoms with van der Waals surface area (Å²) in [5.41, 5.74) is 7.07. The maximum atomic E-state index is 13.0. The molecule has 0 atom stereocenters. The van der Waals surface area contributed by atoms with Gasteiger partial charge in [0.1, 0.15) is 11.4 Å². The maximum Gasteiger partial charge on any atom is 0.573 e. The van der Waals surface area contributed by atoms with Gasteiger partial charge in [-0.15, -0.1) is 18.3 Å². The molecule has 0 aliphatic carbocycles. The molecular formula is C22H17F3N6O3. The quantitative estimate of drug-likeness (QED) is 0.445. The third-order valence-corrected chi connectivity index (χ3v) is 4.92. The number of anilines is 1. The van der Waals surface area contributed by atoms with Crippen molar-refractivity contribution in [1.29, 1.82) is 0 Å². The first-order valence-corrected chi connectivity index (χ1v) is 9.86. The third kappa shape index (κ3) is 4.95. The first-order valence-electron chi connectivity index (χ1n) is 9.86. The molecule has 4 rings (SSSR count). The highest BCUT2D eigenvalue weighted by molar-refractivity contribution is 6.13. The molecule has 2 amide bonds. The molecule has 4 aromatic rings. The minimum absolute atomic E-state index is 0.0535. The van der Waals surface area contributed by atoms with Crippen molar-refractivity contribution in [3.05, 3.63) is 77.1 Å². The van der Waals surface area contributed by atoms with Gasteiger partial charge in [-0.3, -0.25) is 9.59 Å². The molecule has 9 nitrogen and oxygen atoms in total. The number of rotatable bonds is 6. The number of fused-ring (bicyclic) bond motifs is 1. The van der Waals surface area contributed by atoms with E-state index in [1.807, 2.05) is 0 Å². The zero-order chi connectivity index (χ0) is 24.5. The molecular weight excluding hydrogens is 453 g/mol. The summed E-state index contributed by atoms with van der Waals surface area (Å²) < 4.78 is 42.3. The van der Waals surface area contributed by atoms with E-state index in [0.29, 0.717) is 22.2 Å². The van der Waals surface area contributed by atoms with Gasteiger partial charge in [-0.1, -0.05) is 35.5 Å². The topological polar surface area (TPSA) is 125 Å². The number of para-hydroxylation sites is 1. The van der Waals surface area contributed by atoms with E-state index in [1.54, 1.807) is 31.2 Å². The molecule has 0 aliphatic rings. The summed E-state index contributed by atoms with van der Waals surface area (Å²) in [7, 11) is 0. The minimum Gasteiger partial charge on any atom is -0.406 e. The van der Waals surface area contributed by atoms with Crippen LogP contribution in [0.25, 0.3) is 10.9 Å². The number of nitrogens with one attached hydrogen (secondary N) is 1. The van der Waals surface area contributed by atoms with Crippen LogP contribution in [-0.2, 0) is 6.54 Å². The van der Waals surface area contributed by atoms with Gasteiger partial charge in [-0.25, -0.2) is 9.67 Å². The molecule has 12 heteroatoms. The van der Waals surface area contributed by atoms with E-state index >= 15 is 0 Å². The van der Waals surface area contributed by atoms with Crippen LogP contribution in [0.3, 0.4) is 0 Å². The summed E-state index contributed by atoms with van der Waals surface area (Å²) >= 11 is 0. The van der Waals surface area contributed by atoms with Crippen LogP contribution in [-0.4, -0.2) is 38.2 Å². The van der Waals surface area contributed by atoms with Crippen molar-refractivity contribution in [2.24, 2.45) is 5.73 Å². The SMILES string of the molecule is Cc1c(NC(=O)c2cc(C(N)=O)nc3ccccc23)nnn1Cc1ccc(OC(F)(F)F)cc1. The Kier molecular flexibility index (Phi) is 5.88. The number of nitrogens with two attached hydrogens (primary N) is 1. The second-order valence-corrected chi connectivity index (χ2v) is 7.26. The van der Waals surface area contributed by atoms with E-state index in [9.17, 15) is 22.8 Å². The van der Waals surface area contributed by atoms with Gasteiger partial charge in [0.25, 0.3) is 11.8 Å². The summed E-state index contributed by atoms with van der Waals surface area (Å²) in [4.78, 5) is 28.8. The van der Waals surface area contributed by atoms with Crippen molar-refractivity contribution in [1.82, 2.24) is 20.0 Å². The lowest BCUT2D eigenvalue weighted by molar-refractivity contribution is -0.274. The molecule has 34 heavy (non-hydrogen) atoms. The van der Waals surface area contributed by atoms with Gasteiger partial charge in [-0.2, -0.15) is 0 Å². The molecule has 2 aromatic carbocycles. The fourth-order valence-corrected chi connectivity index (χ4v) is 3.26. The monoisotopic (exact) mass is 470 g/mol. The molecule has 0 bridgehead atoms. The largest absolute Gasteiger partial charge is 0.573 e. The van der Waals surface area contributed by atoms with Crippen molar-refractivity contribution in [2.45, 2.75) is 19.8 Å². The van der Waals surface area contributed by atoms with Crippen LogP contribution in [0, 0.1) is 6.92 Å². The average Bonchev–Trinajstić information content (AvgIpc) is 3.12. The molecule has 0 fully saturated rings. The van der Waals surface area contributed by atoms with E-state index in [1.165, 1.54) is 35.0 Å². The summed E-state index contributed by atoms with van der Waals surface area (Å²) in [6.07, 6.45) is -4.77. The van der Waals surface area contributed by atoms with Crippen molar-refractivity contribution in [3.63, 3.8) is 0 Å². The van der Waals surface area contributed by atoms with Crippen molar-refractivity contribution >= 4 is 28.5 Å². The van der Waals surface area contributed by atoms with Crippen LogP contribution < -0.4 is 15.8 Å².